The minimum absolute atomic E-state index is 0.431. The fourth-order valence-corrected chi connectivity index (χ4v) is 4.56. The van der Waals surface area contributed by atoms with Crippen molar-refractivity contribution in [2.45, 2.75) is 64.3 Å². The number of carbonyl (C=O) groups is 1. The average Bonchev–Trinajstić information content (AvgIpc) is 2.91. The smallest absolute Gasteiger partial charge is 0.223 e. The topological polar surface area (TPSA) is 20.3 Å². The summed E-state index contributed by atoms with van der Waals surface area (Å²) < 4.78 is 0. The minimum Gasteiger partial charge on any atom is -0.339 e. The zero-order valence-electron chi connectivity index (χ0n) is 12.2. The van der Waals surface area contributed by atoms with Crippen molar-refractivity contribution in [3.8, 4) is 0 Å². The van der Waals surface area contributed by atoms with Crippen molar-refractivity contribution in [1.29, 1.82) is 0 Å². The van der Waals surface area contributed by atoms with Gasteiger partial charge in [0.25, 0.3) is 0 Å². The Morgan fingerprint density at radius 1 is 1.21 bits per heavy atom. The van der Waals surface area contributed by atoms with E-state index in [9.17, 15) is 4.79 Å². The third-order valence-corrected chi connectivity index (χ3v) is 5.50. The average molecular weight is 261 g/mol. The van der Waals surface area contributed by atoms with E-state index in [4.69, 9.17) is 0 Å². The first-order valence-corrected chi connectivity index (χ1v) is 8.22. The van der Waals surface area contributed by atoms with Gasteiger partial charge in [-0.1, -0.05) is 25.5 Å². The first-order chi connectivity index (χ1) is 9.25. The van der Waals surface area contributed by atoms with Crippen LogP contribution in [0.15, 0.2) is 12.2 Å². The summed E-state index contributed by atoms with van der Waals surface area (Å²) in [6, 6.07) is 0.556. The number of fused-ring (bicyclic) bond motifs is 1. The van der Waals surface area contributed by atoms with Crippen LogP contribution in [0.2, 0.25) is 0 Å². The Morgan fingerprint density at radius 3 is 2.84 bits per heavy atom. The largest absolute Gasteiger partial charge is 0.339 e. The third-order valence-electron chi connectivity index (χ3n) is 5.50. The van der Waals surface area contributed by atoms with Crippen molar-refractivity contribution in [2.75, 3.05) is 6.54 Å². The van der Waals surface area contributed by atoms with Crippen LogP contribution in [0.4, 0.5) is 0 Å². The van der Waals surface area contributed by atoms with E-state index in [-0.39, 0.29) is 0 Å². The number of amides is 1. The number of allylic oxidation sites excluding steroid dienone is 2. The molecule has 2 fully saturated rings. The maximum Gasteiger partial charge on any atom is 0.223 e. The van der Waals surface area contributed by atoms with Gasteiger partial charge in [0, 0.05) is 19.0 Å². The number of hydrogen-bond acceptors (Lipinski definition) is 1. The van der Waals surface area contributed by atoms with Gasteiger partial charge in [0.05, 0.1) is 0 Å². The third kappa shape index (κ3) is 2.73. The minimum atomic E-state index is 0.431. The van der Waals surface area contributed by atoms with E-state index in [0.29, 0.717) is 23.8 Å². The molecule has 0 spiro atoms. The fourth-order valence-electron chi connectivity index (χ4n) is 4.56. The molecule has 2 aliphatic carbocycles. The lowest BCUT2D eigenvalue weighted by atomic mass is 9.73. The lowest BCUT2D eigenvalue weighted by Gasteiger charge is -2.47. The van der Waals surface area contributed by atoms with Gasteiger partial charge in [-0.2, -0.15) is 0 Å². The van der Waals surface area contributed by atoms with Crippen LogP contribution in [0.3, 0.4) is 0 Å². The van der Waals surface area contributed by atoms with Gasteiger partial charge in [0.1, 0.15) is 0 Å². The van der Waals surface area contributed by atoms with Gasteiger partial charge in [0.15, 0.2) is 0 Å². The highest BCUT2D eigenvalue weighted by Gasteiger charge is 2.39. The molecule has 3 aliphatic rings. The summed E-state index contributed by atoms with van der Waals surface area (Å²) >= 11 is 0. The monoisotopic (exact) mass is 261 g/mol. The number of rotatable bonds is 2. The first kappa shape index (κ1) is 13.2. The first-order valence-electron chi connectivity index (χ1n) is 8.22. The Morgan fingerprint density at radius 2 is 2.05 bits per heavy atom. The molecule has 1 saturated heterocycles. The highest BCUT2D eigenvalue weighted by molar-refractivity contribution is 5.77. The predicted molar refractivity (Wildman–Crippen MR) is 77.7 cm³/mol. The van der Waals surface area contributed by atoms with Gasteiger partial charge in [0.2, 0.25) is 5.91 Å². The molecule has 1 saturated carbocycles. The number of hydrogen-bond donors (Lipinski definition) is 0. The van der Waals surface area contributed by atoms with Crippen LogP contribution < -0.4 is 0 Å². The summed E-state index contributed by atoms with van der Waals surface area (Å²) in [4.78, 5) is 14.9. The summed E-state index contributed by atoms with van der Waals surface area (Å²) in [7, 11) is 0. The van der Waals surface area contributed by atoms with Crippen molar-refractivity contribution in [2.24, 2.45) is 17.8 Å². The van der Waals surface area contributed by atoms with Gasteiger partial charge in [-0.05, 0) is 56.3 Å². The maximum absolute atomic E-state index is 12.6. The Bertz CT molecular complexity index is 360. The Kier molecular flexibility index (Phi) is 3.95. The maximum atomic E-state index is 12.6. The van der Waals surface area contributed by atoms with E-state index >= 15 is 0 Å². The number of nitrogens with zero attached hydrogens (tertiary/aromatic N) is 1. The van der Waals surface area contributed by atoms with Crippen LogP contribution in [0.1, 0.15) is 58.3 Å². The zero-order valence-corrected chi connectivity index (χ0v) is 12.2. The van der Waals surface area contributed by atoms with Crippen LogP contribution in [-0.4, -0.2) is 23.4 Å². The lowest BCUT2D eigenvalue weighted by molar-refractivity contribution is -0.140. The van der Waals surface area contributed by atoms with Crippen molar-refractivity contribution in [3.05, 3.63) is 12.2 Å². The summed E-state index contributed by atoms with van der Waals surface area (Å²) in [6.07, 6.45) is 14.2. The molecule has 4 unspecified atom stereocenters. The highest BCUT2D eigenvalue weighted by atomic mass is 16.2. The van der Waals surface area contributed by atoms with Gasteiger partial charge in [-0.3, -0.25) is 4.79 Å². The quantitative estimate of drug-likeness (QED) is 0.693. The summed E-state index contributed by atoms with van der Waals surface area (Å²) in [5.41, 5.74) is 0. The van der Waals surface area contributed by atoms with Crippen molar-refractivity contribution < 1.29 is 4.79 Å². The van der Waals surface area contributed by atoms with E-state index in [1.165, 1.54) is 44.9 Å². The van der Waals surface area contributed by atoms with Crippen LogP contribution >= 0.6 is 0 Å². The van der Waals surface area contributed by atoms with E-state index < -0.39 is 0 Å². The van der Waals surface area contributed by atoms with Gasteiger partial charge in [-0.25, -0.2) is 0 Å². The molecule has 0 radical (unpaired) electrons. The molecule has 2 heteroatoms. The Labute approximate surface area is 117 Å². The Hall–Kier alpha value is -0.790. The van der Waals surface area contributed by atoms with E-state index in [0.717, 1.165) is 18.9 Å². The molecule has 0 aromatic carbocycles. The van der Waals surface area contributed by atoms with E-state index in [2.05, 4.69) is 24.0 Å². The second kappa shape index (κ2) is 5.68. The molecular formula is C17H27NO. The molecular weight excluding hydrogens is 234 g/mol. The van der Waals surface area contributed by atoms with Crippen LogP contribution in [-0.2, 0) is 4.79 Å². The summed E-state index contributed by atoms with van der Waals surface area (Å²) in [6.45, 7) is 3.37. The normalized spacial score (nSPS) is 38.3. The Balaban J connectivity index is 1.67. The molecule has 4 atom stereocenters. The van der Waals surface area contributed by atoms with Crippen molar-refractivity contribution in [1.82, 2.24) is 4.90 Å². The summed E-state index contributed by atoms with van der Waals surface area (Å²) in [5, 5.41) is 0. The second-order valence-corrected chi connectivity index (χ2v) is 6.86. The molecule has 0 bridgehead atoms. The van der Waals surface area contributed by atoms with E-state index in [1.54, 1.807) is 0 Å². The molecule has 1 aliphatic heterocycles. The van der Waals surface area contributed by atoms with Crippen LogP contribution in [0.25, 0.3) is 0 Å². The number of carbonyl (C=O) groups excluding carboxylic acids is 1. The highest BCUT2D eigenvalue weighted by Crippen LogP contribution is 2.39. The molecule has 106 valence electrons. The number of likely N-dealkylation sites (tertiary alicyclic amines) is 1. The fraction of sp³-hybridized carbons (Fsp3) is 0.824. The molecule has 2 nitrogen and oxygen atoms in total. The van der Waals surface area contributed by atoms with Crippen LogP contribution in [0, 0.1) is 17.8 Å². The predicted octanol–water partition coefficient (Wildman–Crippen LogP) is 3.77. The van der Waals surface area contributed by atoms with Crippen LogP contribution in [0.5, 0.6) is 0 Å². The molecule has 19 heavy (non-hydrogen) atoms. The molecule has 1 heterocycles. The molecule has 0 aromatic heterocycles. The number of piperidine rings is 1. The zero-order chi connectivity index (χ0) is 13.2. The van der Waals surface area contributed by atoms with Crippen molar-refractivity contribution >= 4 is 5.91 Å². The van der Waals surface area contributed by atoms with Crippen molar-refractivity contribution in [3.63, 3.8) is 0 Å². The standard InChI is InChI=1S/C17H27NO/c1-13-6-4-9-15-10-5-11-18(17(13)15)16(19)12-14-7-2-3-8-14/h2,7,13-15,17H,3-6,8-12H2,1H3. The molecule has 1 amide bonds. The van der Waals surface area contributed by atoms with Gasteiger partial charge in [-0.15, -0.1) is 0 Å². The molecule has 3 rings (SSSR count). The summed E-state index contributed by atoms with van der Waals surface area (Å²) in [5.74, 6) is 2.45. The molecule has 0 N–H and O–H groups in total. The van der Waals surface area contributed by atoms with Gasteiger partial charge >= 0.3 is 0 Å². The van der Waals surface area contributed by atoms with Gasteiger partial charge < -0.3 is 4.90 Å². The molecule has 0 aromatic rings. The van der Waals surface area contributed by atoms with E-state index in [1.807, 2.05) is 0 Å². The second-order valence-electron chi connectivity index (χ2n) is 6.86. The SMILES string of the molecule is CC1CCCC2CCCN(C(=O)CC3C=CCC3)C12. The lowest BCUT2D eigenvalue weighted by Crippen LogP contribution is -2.53.